The molecule has 0 fully saturated rings. The Morgan fingerprint density at radius 3 is 2.67 bits per heavy atom. The number of hydrogen-bond donors (Lipinski definition) is 3. The fourth-order valence-electron chi connectivity index (χ4n) is 1.41. The third-order valence-electron chi connectivity index (χ3n) is 2.25. The summed E-state index contributed by atoms with van der Waals surface area (Å²) in [7, 11) is 0. The maximum Gasteiger partial charge on any atom is 0.303 e. The summed E-state index contributed by atoms with van der Waals surface area (Å²) in [5.74, 6) is -0.721. The average molecular weight is 217 g/mol. The van der Waals surface area contributed by atoms with Gasteiger partial charge in [0.1, 0.15) is 0 Å². The molecule has 0 aromatic heterocycles. The van der Waals surface area contributed by atoms with Crippen molar-refractivity contribution in [2.75, 3.05) is 13.1 Å². The summed E-state index contributed by atoms with van der Waals surface area (Å²) in [6.45, 7) is 3.56. The highest BCUT2D eigenvalue weighted by molar-refractivity contribution is 5.66. The van der Waals surface area contributed by atoms with Crippen LogP contribution in [0.25, 0.3) is 0 Å². The lowest BCUT2D eigenvalue weighted by atomic mass is 10.2. The number of rotatable bonds is 10. The Morgan fingerprint density at radius 2 is 2.07 bits per heavy atom. The topological polar surface area (TPSA) is 69.6 Å². The Morgan fingerprint density at radius 1 is 1.33 bits per heavy atom. The van der Waals surface area contributed by atoms with E-state index >= 15 is 0 Å². The second-order valence-corrected chi connectivity index (χ2v) is 3.85. The molecule has 0 saturated carbocycles. The molecule has 0 aliphatic carbocycles. The maximum atomic E-state index is 10.2. The summed E-state index contributed by atoms with van der Waals surface area (Å²) >= 11 is 0. The van der Waals surface area contributed by atoms with E-state index in [0.29, 0.717) is 6.54 Å². The largest absolute Gasteiger partial charge is 0.481 e. The Labute approximate surface area is 91.7 Å². The molecule has 15 heavy (non-hydrogen) atoms. The minimum atomic E-state index is -0.721. The van der Waals surface area contributed by atoms with Gasteiger partial charge in [-0.05, 0) is 25.8 Å². The van der Waals surface area contributed by atoms with Gasteiger partial charge in [-0.15, -0.1) is 0 Å². The summed E-state index contributed by atoms with van der Waals surface area (Å²) < 4.78 is 0. The number of aliphatic carboxylic acids is 1. The molecule has 3 N–H and O–H groups in total. The molecule has 0 aliphatic rings. The zero-order valence-electron chi connectivity index (χ0n) is 9.54. The molecule has 4 heteroatoms. The van der Waals surface area contributed by atoms with Gasteiger partial charge in [-0.1, -0.05) is 19.8 Å². The van der Waals surface area contributed by atoms with Crippen LogP contribution in [0.15, 0.2) is 0 Å². The van der Waals surface area contributed by atoms with E-state index in [0.717, 1.165) is 38.6 Å². The number of aliphatic hydroxyl groups excluding tert-OH is 1. The first-order valence-electron chi connectivity index (χ1n) is 5.77. The monoisotopic (exact) mass is 217 g/mol. The lowest BCUT2D eigenvalue weighted by molar-refractivity contribution is -0.137. The summed E-state index contributed by atoms with van der Waals surface area (Å²) in [6.07, 6.45) is 4.52. The van der Waals surface area contributed by atoms with Crippen LogP contribution in [-0.2, 0) is 4.79 Å². The molecule has 0 aromatic carbocycles. The van der Waals surface area contributed by atoms with E-state index in [1.165, 1.54) is 0 Å². The van der Waals surface area contributed by atoms with Crippen molar-refractivity contribution in [2.45, 2.75) is 51.6 Å². The molecule has 0 heterocycles. The number of carbonyl (C=O) groups is 1. The van der Waals surface area contributed by atoms with E-state index in [9.17, 15) is 9.90 Å². The van der Waals surface area contributed by atoms with Gasteiger partial charge in [-0.25, -0.2) is 0 Å². The molecular weight excluding hydrogens is 194 g/mol. The van der Waals surface area contributed by atoms with E-state index in [1.807, 2.05) is 0 Å². The fraction of sp³-hybridized carbons (Fsp3) is 0.909. The molecule has 0 bridgehead atoms. The molecule has 90 valence electrons. The van der Waals surface area contributed by atoms with Crippen molar-refractivity contribution in [3.63, 3.8) is 0 Å². The van der Waals surface area contributed by atoms with Gasteiger partial charge in [0, 0.05) is 13.0 Å². The third-order valence-corrected chi connectivity index (χ3v) is 2.25. The van der Waals surface area contributed by atoms with Crippen molar-refractivity contribution in [1.29, 1.82) is 0 Å². The van der Waals surface area contributed by atoms with Crippen LogP contribution in [0.4, 0.5) is 0 Å². The number of unbranched alkanes of at least 4 members (excludes halogenated alkanes) is 2. The highest BCUT2D eigenvalue weighted by atomic mass is 16.4. The van der Waals surface area contributed by atoms with E-state index in [2.05, 4.69) is 12.2 Å². The Bertz CT molecular complexity index is 162. The molecule has 0 saturated heterocycles. The van der Waals surface area contributed by atoms with Gasteiger partial charge in [0.2, 0.25) is 0 Å². The lowest BCUT2D eigenvalue weighted by Crippen LogP contribution is -2.27. The van der Waals surface area contributed by atoms with Crippen LogP contribution >= 0.6 is 0 Å². The lowest BCUT2D eigenvalue weighted by Gasteiger charge is -2.10. The quantitative estimate of drug-likeness (QED) is 0.484. The molecule has 1 unspecified atom stereocenters. The van der Waals surface area contributed by atoms with Gasteiger partial charge in [0.05, 0.1) is 6.10 Å². The summed E-state index contributed by atoms with van der Waals surface area (Å²) in [4.78, 5) is 10.2. The summed E-state index contributed by atoms with van der Waals surface area (Å²) in [5.41, 5.74) is 0. The van der Waals surface area contributed by atoms with Gasteiger partial charge < -0.3 is 15.5 Å². The number of carboxylic acid groups (broad SMARTS) is 1. The predicted octanol–water partition coefficient (Wildman–Crippen LogP) is 1.38. The zero-order chi connectivity index (χ0) is 11.5. The highest BCUT2D eigenvalue weighted by Gasteiger charge is 2.01. The van der Waals surface area contributed by atoms with Gasteiger partial charge in [-0.3, -0.25) is 4.79 Å². The first kappa shape index (κ1) is 14.4. The van der Waals surface area contributed by atoms with E-state index in [1.54, 1.807) is 0 Å². The van der Waals surface area contributed by atoms with Crippen molar-refractivity contribution in [1.82, 2.24) is 5.32 Å². The molecule has 0 radical (unpaired) electrons. The normalized spacial score (nSPS) is 12.7. The van der Waals surface area contributed by atoms with E-state index in [4.69, 9.17) is 5.11 Å². The molecule has 0 spiro atoms. The first-order chi connectivity index (χ1) is 7.16. The van der Waals surface area contributed by atoms with Crippen LogP contribution in [0.3, 0.4) is 0 Å². The SMILES string of the molecule is CCCC(O)CNCCCCCC(=O)O. The first-order valence-corrected chi connectivity index (χ1v) is 5.77. The molecular formula is C11H23NO3. The third kappa shape index (κ3) is 11.3. The van der Waals surface area contributed by atoms with Crippen LogP contribution < -0.4 is 5.32 Å². The average Bonchev–Trinajstić information content (AvgIpc) is 2.16. The zero-order valence-corrected chi connectivity index (χ0v) is 9.54. The predicted molar refractivity (Wildman–Crippen MR) is 59.9 cm³/mol. The van der Waals surface area contributed by atoms with Crippen LogP contribution in [0, 0.1) is 0 Å². The minimum Gasteiger partial charge on any atom is -0.481 e. The van der Waals surface area contributed by atoms with E-state index in [-0.39, 0.29) is 12.5 Å². The molecule has 0 aromatic rings. The van der Waals surface area contributed by atoms with Crippen LogP contribution in [0.2, 0.25) is 0 Å². The van der Waals surface area contributed by atoms with Gasteiger partial charge in [-0.2, -0.15) is 0 Å². The van der Waals surface area contributed by atoms with Crippen molar-refractivity contribution in [3.05, 3.63) is 0 Å². The van der Waals surface area contributed by atoms with Crippen molar-refractivity contribution < 1.29 is 15.0 Å². The smallest absolute Gasteiger partial charge is 0.303 e. The Balaban J connectivity index is 3.07. The summed E-state index contributed by atoms with van der Waals surface area (Å²) in [5, 5.41) is 20.9. The van der Waals surface area contributed by atoms with Crippen LogP contribution in [-0.4, -0.2) is 35.4 Å². The van der Waals surface area contributed by atoms with Gasteiger partial charge >= 0.3 is 5.97 Å². The van der Waals surface area contributed by atoms with Crippen molar-refractivity contribution in [2.24, 2.45) is 0 Å². The second-order valence-electron chi connectivity index (χ2n) is 3.85. The molecule has 1 atom stereocenters. The van der Waals surface area contributed by atoms with Gasteiger partial charge in [0.15, 0.2) is 0 Å². The van der Waals surface area contributed by atoms with E-state index < -0.39 is 5.97 Å². The van der Waals surface area contributed by atoms with Crippen LogP contribution in [0.1, 0.15) is 45.4 Å². The summed E-state index contributed by atoms with van der Waals surface area (Å²) in [6, 6.07) is 0. The molecule has 4 nitrogen and oxygen atoms in total. The highest BCUT2D eigenvalue weighted by Crippen LogP contribution is 1.99. The minimum absolute atomic E-state index is 0.242. The Hall–Kier alpha value is -0.610. The number of aliphatic hydroxyl groups is 1. The maximum absolute atomic E-state index is 10.2. The number of carboxylic acids is 1. The number of hydrogen-bond acceptors (Lipinski definition) is 3. The standard InChI is InChI=1S/C11H23NO3/c1-2-6-10(13)9-12-8-5-3-4-7-11(14)15/h10,12-13H,2-9H2,1H3,(H,14,15). The van der Waals surface area contributed by atoms with Gasteiger partial charge in [0.25, 0.3) is 0 Å². The number of nitrogens with one attached hydrogen (secondary N) is 1. The molecule has 0 rings (SSSR count). The molecule has 0 aliphatic heterocycles. The fourth-order valence-corrected chi connectivity index (χ4v) is 1.41. The molecule has 0 amide bonds. The Kier molecular flexibility index (Phi) is 9.52. The second kappa shape index (κ2) is 9.93. The van der Waals surface area contributed by atoms with Crippen LogP contribution in [0.5, 0.6) is 0 Å². The van der Waals surface area contributed by atoms with Crippen molar-refractivity contribution in [3.8, 4) is 0 Å². The van der Waals surface area contributed by atoms with Crippen molar-refractivity contribution >= 4 is 5.97 Å².